The lowest BCUT2D eigenvalue weighted by Gasteiger charge is -2.31. The normalized spacial score (nSPS) is 24.4. The van der Waals surface area contributed by atoms with E-state index in [1.165, 1.54) is 0 Å². The van der Waals surface area contributed by atoms with Gasteiger partial charge in [0.2, 0.25) is 0 Å². The molecule has 0 radical (unpaired) electrons. The van der Waals surface area contributed by atoms with Gasteiger partial charge in [0.25, 0.3) is 0 Å². The summed E-state index contributed by atoms with van der Waals surface area (Å²) in [4.78, 5) is 78.4. The number of cyclic esters (lactones) is 12. The Kier molecular flexibility index (Phi) is 12.1. The van der Waals surface area contributed by atoms with Crippen molar-refractivity contribution in [1.29, 1.82) is 0 Å². The van der Waals surface area contributed by atoms with Crippen molar-refractivity contribution < 1.29 is 85.6 Å². The molecule has 0 aromatic heterocycles. The molecule has 6 saturated heterocycles. The largest absolute Gasteiger partial charge is 0.508 e. The molecule has 6 atom stereocenters. The molecule has 6 unspecified atom stereocenters. The van der Waals surface area contributed by atoms with Crippen LogP contribution in [0, 0.1) is 0 Å². The number of carbonyl (C=O) groups excluding carboxylic acids is 6. The van der Waals surface area contributed by atoms with Gasteiger partial charge in [-0.15, -0.1) is 0 Å². The van der Waals surface area contributed by atoms with Gasteiger partial charge in [0.1, 0.15) is 39.6 Å². The van der Waals surface area contributed by atoms with E-state index < -0.39 is 73.6 Å². The Morgan fingerprint density at radius 3 is 0.625 bits per heavy atom. The first kappa shape index (κ1) is 41.8. The minimum atomic E-state index is -0.756. The summed E-state index contributed by atoms with van der Waals surface area (Å²) in [6.07, 6.45) is -7.86. The first-order valence-corrected chi connectivity index (χ1v) is 20.4. The lowest BCUT2D eigenvalue weighted by molar-refractivity contribution is 0.113. The van der Waals surface area contributed by atoms with Crippen LogP contribution in [0.3, 0.4) is 0 Å². The molecule has 0 bridgehead atoms. The van der Waals surface area contributed by atoms with E-state index in [9.17, 15) is 28.8 Å². The number of nitrogens with zero attached hydrogens (tertiary/aromatic N) is 4. The van der Waals surface area contributed by atoms with Crippen LogP contribution in [0.25, 0.3) is 0 Å². The SMILES string of the molecule is O=C1OCC(CN(CC2COC(=O)O2)c2ccc(N(c3ccc(N(CC4COC(=O)O4)CC4COC(=O)O4)cc3)c3ccc(N(CC4COC(=O)O4)CC4COC(=O)O4)cc3)cc2)O1. The van der Waals surface area contributed by atoms with E-state index in [1.54, 1.807) is 0 Å². The maximum absolute atomic E-state index is 11.8. The summed E-state index contributed by atoms with van der Waals surface area (Å²) < 4.78 is 62.1. The molecule has 338 valence electrons. The van der Waals surface area contributed by atoms with Gasteiger partial charge in [-0.1, -0.05) is 0 Å². The molecule has 6 aliphatic rings. The van der Waals surface area contributed by atoms with E-state index >= 15 is 0 Å². The van der Waals surface area contributed by atoms with Gasteiger partial charge in [-0.05, 0) is 72.8 Å². The molecule has 64 heavy (non-hydrogen) atoms. The molecule has 0 N–H and O–H groups in total. The Labute approximate surface area is 364 Å². The van der Waals surface area contributed by atoms with Crippen LogP contribution >= 0.6 is 0 Å². The van der Waals surface area contributed by atoms with Crippen LogP contribution in [0.15, 0.2) is 72.8 Å². The molecule has 0 aliphatic carbocycles. The molecule has 0 amide bonds. The first-order valence-electron chi connectivity index (χ1n) is 20.4. The minimum absolute atomic E-state index is 0.0708. The molecule has 6 fully saturated rings. The molecular weight excluding hydrogens is 848 g/mol. The lowest BCUT2D eigenvalue weighted by atomic mass is 10.1. The summed E-state index contributed by atoms with van der Waals surface area (Å²) >= 11 is 0. The Hall–Kier alpha value is -7.52. The Morgan fingerprint density at radius 1 is 0.297 bits per heavy atom. The van der Waals surface area contributed by atoms with Crippen LogP contribution in [-0.4, -0.2) is 152 Å². The fourth-order valence-corrected chi connectivity index (χ4v) is 7.95. The van der Waals surface area contributed by atoms with E-state index in [0.29, 0.717) is 0 Å². The summed E-state index contributed by atoms with van der Waals surface area (Å²) in [5, 5.41) is 0. The Balaban J connectivity index is 1.02. The Morgan fingerprint density at radius 2 is 0.469 bits per heavy atom. The summed E-state index contributed by atoms with van der Waals surface area (Å²) in [5.74, 6) is 0. The number of rotatable bonds is 18. The highest BCUT2D eigenvalue weighted by Gasteiger charge is 2.35. The van der Waals surface area contributed by atoms with Crippen LogP contribution in [0.5, 0.6) is 0 Å². The molecule has 0 spiro atoms. The zero-order valence-corrected chi connectivity index (χ0v) is 34.0. The lowest BCUT2D eigenvalue weighted by Crippen LogP contribution is -2.40. The van der Waals surface area contributed by atoms with Crippen molar-refractivity contribution in [2.45, 2.75) is 36.6 Å². The van der Waals surface area contributed by atoms with Crippen molar-refractivity contribution in [3.05, 3.63) is 72.8 Å². The van der Waals surface area contributed by atoms with Crippen molar-refractivity contribution in [1.82, 2.24) is 0 Å². The second-order valence-electron chi connectivity index (χ2n) is 15.4. The highest BCUT2D eigenvalue weighted by Crippen LogP contribution is 2.38. The second kappa shape index (κ2) is 18.4. The van der Waals surface area contributed by atoms with E-state index in [4.69, 9.17) is 56.8 Å². The molecule has 3 aromatic rings. The van der Waals surface area contributed by atoms with Crippen molar-refractivity contribution in [3.8, 4) is 0 Å². The standard InChI is InChI=1S/C42H42N4O18/c47-37-53-19-31(59-37)13-43(14-32-20-54-38(48)60-32)25-1-7-28(8-2-25)46(29-9-3-26(4-10-29)44(15-33-21-55-39(49)61-33)16-34-22-56-40(50)62-34)30-11-5-27(6-12-30)45(17-35-23-57-41(51)63-35)18-36-24-58-42(52)64-36/h1-12,31-36H,13-24H2. The summed E-state index contributed by atoms with van der Waals surface area (Å²) in [7, 11) is 0. The number of ether oxygens (including phenoxy) is 12. The zero-order valence-electron chi connectivity index (χ0n) is 34.0. The third-order valence-corrected chi connectivity index (χ3v) is 10.9. The highest BCUT2D eigenvalue weighted by atomic mass is 16.8. The van der Waals surface area contributed by atoms with Crippen LogP contribution in [0.1, 0.15) is 0 Å². The summed E-state index contributed by atoms with van der Waals surface area (Å²) in [5.41, 5.74) is 4.48. The van der Waals surface area contributed by atoms with E-state index in [2.05, 4.69) is 0 Å². The number of hydrogen-bond acceptors (Lipinski definition) is 22. The molecule has 6 aliphatic heterocycles. The zero-order chi connectivity index (χ0) is 44.2. The van der Waals surface area contributed by atoms with Gasteiger partial charge >= 0.3 is 36.9 Å². The predicted octanol–water partition coefficient (Wildman–Crippen LogP) is 4.79. The molecule has 6 heterocycles. The smallest absolute Gasteiger partial charge is 0.430 e. The number of carbonyl (C=O) groups is 6. The first-order chi connectivity index (χ1) is 31.1. The van der Waals surface area contributed by atoms with E-state index in [0.717, 1.165) is 34.1 Å². The highest BCUT2D eigenvalue weighted by molar-refractivity contribution is 5.79. The Bertz CT molecular complexity index is 1880. The monoisotopic (exact) mass is 890 g/mol. The maximum Gasteiger partial charge on any atom is 0.508 e. The summed E-state index contributed by atoms with van der Waals surface area (Å²) in [6, 6.07) is 22.9. The van der Waals surface area contributed by atoms with Gasteiger partial charge in [0.15, 0.2) is 36.6 Å². The number of anilines is 6. The molecular formula is C42H42N4O18. The van der Waals surface area contributed by atoms with Gasteiger partial charge in [-0.2, -0.15) is 0 Å². The second-order valence-corrected chi connectivity index (χ2v) is 15.4. The topological polar surface area (TPSA) is 226 Å². The van der Waals surface area contributed by atoms with Crippen molar-refractivity contribution in [3.63, 3.8) is 0 Å². The average molecular weight is 891 g/mol. The van der Waals surface area contributed by atoms with Crippen LogP contribution in [0.4, 0.5) is 62.9 Å². The van der Waals surface area contributed by atoms with Crippen molar-refractivity contribution in [2.24, 2.45) is 0 Å². The minimum Gasteiger partial charge on any atom is -0.430 e. The van der Waals surface area contributed by atoms with Gasteiger partial charge < -0.3 is 76.4 Å². The average Bonchev–Trinajstić information content (AvgIpc) is 4.18. The molecule has 22 heteroatoms. The molecule has 3 aromatic carbocycles. The molecule has 0 saturated carbocycles. The van der Waals surface area contributed by atoms with E-state index in [1.807, 2.05) is 92.4 Å². The maximum atomic E-state index is 11.8. The third-order valence-electron chi connectivity index (χ3n) is 10.9. The van der Waals surface area contributed by atoms with Gasteiger partial charge in [0, 0.05) is 34.1 Å². The quantitative estimate of drug-likeness (QED) is 0.124. The van der Waals surface area contributed by atoms with Crippen molar-refractivity contribution in [2.75, 3.05) is 98.5 Å². The van der Waals surface area contributed by atoms with Crippen LogP contribution < -0.4 is 19.6 Å². The molecule has 9 rings (SSSR count). The fraction of sp³-hybridized carbons (Fsp3) is 0.429. The van der Waals surface area contributed by atoms with Gasteiger partial charge in [-0.3, -0.25) is 0 Å². The van der Waals surface area contributed by atoms with Gasteiger partial charge in [-0.25, -0.2) is 28.8 Å². The summed E-state index contributed by atoms with van der Waals surface area (Å²) in [6.45, 7) is 1.98. The fourth-order valence-electron chi connectivity index (χ4n) is 7.95. The van der Waals surface area contributed by atoms with Gasteiger partial charge in [0.05, 0.1) is 39.3 Å². The van der Waals surface area contributed by atoms with Crippen LogP contribution in [-0.2, 0) is 56.8 Å². The third kappa shape index (κ3) is 10.1. The van der Waals surface area contributed by atoms with Crippen molar-refractivity contribution >= 4 is 71.1 Å². The predicted molar refractivity (Wildman–Crippen MR) is 215 cm³/mol. The van der Waals surface area contributed by atoms with Crippen LogP contribution in [0.2, 0.25) is 0 Å². The van der Waals surface area contributed by atoms with E-state index in [-0.39, 0.29) is 78.9 Å². The number of hydrogen-bond donors (Lipinski definition) is 0. The number of benzene rings is 3. The molecule has 22 nitrogen and oxygen atoms in total.